The van der Waals surface area contributed by atoms with Crippen LogP contribution in [0.3, 0.4) is 0 Å². The lowest BCUT2D eigenvalue weighted by molar-refractivity contribution is -0.120. The van der Waals surface area contributed by atoms with Gasteiger partial charge in [0.25, 0.3) is 0 Å². The Morgan fingerprint density at radius 3 is 2.65 bits per heavy atom. The zero-order chi connectivity index (χ0) is 12.8. The molecule has 0 spiro atoms. The van der Waals surface area contributed by atoms with Gasteiger partial charge in [0, 0.05) is 33.4 Å². The topological polar surface area (TPSA) is 59.6 Å². The van der Waals surface area contributed by atoms with Crippen molar-refractivity contribution in [1.29, 1.82) is 0 Å². The van der Waals surface area contributed by atoms with Crippen LogP contribution in [0.4, 0.5) is 0 Å². The first-order valence-corrected chi connectivity index (χ1v) is 6.35. The summed E-state index contributed by atoms with van der Waals surface area (Å²) in [7, 11) is 1.65. The number of ether oxygens (including phenoxy) is 2. The maximum Gasteiger partial charge on any atom is 0.233 e. The lowest BCUT2D eigenvalue weighted by Gasteiger charge is -2.07. The molecule has 0 radical (unpaired) electrons. The predicted molar refractivity (Wildman–Crippen MR) is 68.1 cm³/mol. The number of amides is 1. The second kappa shape index (κ2) is 13.4. The number of carbonyl (C=O) groups excluding carboxylic acids is 1. The highest BCUT2D eigenvalue weighted by atomic mass is 16.5. The van der Waals surface area contributed by atoms with Crippen LogP contribution in [0.5, 0.6) is 0 Å². The van der Waals surface area contributed by atoms with Crippen molar-refractivity contribution in [2.45, 2.75) is 26.2 Å². The van der Waals surface area contributed by atoms with Crippen LogP contribution in [0.15, 0.2) is 0 Å². The molecule has 0 atom stereocenters. The molecule has 0 aliphatic heterocycles. The smallest absolute Gasteiger partial charge is 0.233 e. The fraction of sp³-hybridized carbons (Fsp3) is 0.917. The van der Waals surface area contributed by atoms with Crippen molar-refractivity contribution in [2.75, 3.05) is 46.6 Å². The largest absolute Gasteiger partial charge is 0.385 e. The summed E-state index contributed by atoms with van der Waals surface area (Å²) in [6, 6.07) is 0. The third-order valence-electron chi connectivity index (χ3n) is 2.20. The van der Waals surface area contributed by atoms with E-state index in [0.29, 0.717) is 26.3 Å². The van der Waals surface area contributed by atoms with E-state index in [1.165, 1.54) is 0 Å². The molecule has 5 nitrogen and oxygen atoms in total. The minimum absolute atomic E-state index is 0.0228. The molecule has 0 aromatic carbocycles. The van der Waals surface area contributed by atoms with E-state index in [0.717, 1.165) is 32.4 Å². The van der Waals surface area contributed by atoms with Gasteiger partial charge in [-0.05, 0) is 12.8 Å². The van der Waals surface area contributed by atoms with Gasteiger partial charge in [0.05, 0.1) is 13.2 Å². The maximum absolute atomic E-state index is 11.3. The lowest BCUT2D eigenvalue weighted by Crippen LogP contribution is -2.36. The Morgan fingerprint density at radius 2 is 1.94 bits per heavy atom. The highest BCUT2D eigenvalue weighted by Gasteiger charge is 1.98. The molecule has 0 fully saturated rings. The van der Waals surface area contributed by atoms with Crippen LogP contribution >= 0.6 is 0 Å². The van der Waals surface area contributed by atoms with Crippen molar-refractivity contribution in [2.24, 2.45) is 0 Å². The minimum Gasteiger partial charge on any atom is -0.385 e. The third-order valence-corrected chi connectivity index (χ3v) is 2.20. The fourth-order valence-corrected chi connectivity index (χ4v) is 1.20. The Hall–Kier alpha value is -0.650. The maximum atomic E-state index is 11.3. The van der Waals surface area contributed by atoms with E-state index in [9.17, 15) is 4.79 Å². The zero-order valence-electron chi connectivity index (χ0n) is 11.1. The molecule has 0 rings (SSSR count). The molecule has 0 aliphatic rings. The van der Waals surface area contributed by atoms with Crippen LogP contribution in [-0.2, 0) is 14.3 Å². The Morgan fingerprint density at radius 1 is 1.12 bits per heavy atom. The summed E-state index contributed by atoms with van der Waals surface area (Å²) in [5.41, 5.74) is 0. The van der Waals surface area contributed by atoms with Gasteiger partial charge in [-0.2, -0.15) is 0 Å². The van der Waals surface area contributed by atoms with Crippen LogP contribution in [-0.4, -0.2) is 52.5 Å². The van der Waals surface area contributed by atoms with Gasteiger partial charge in [0.2, 0.25) is 5.91 Å². The summed E-state index contributed by atoms with van der Waals surface area (Å²) in [5.74, 6) is 0.0228. The molecule has 5 heteroatoms. The van der Waals surface area contributed by atoms with Gasteiger partial charge >= 0.3 is 0 Å². The number of nitrogens with one attached hydrogen (secondary N) is 2. The molecule has 2 N–H and O–H groups in total. The Balaban J connectivity index is 3.11. The average Bonchev–Trinajstić information content (AvgIpc) is 2.33. The van der Waals surface area contributed by atoms with E-state index >= 15 is 0 Å². The summed E-state index contributed by atoms with van der Waals surface area (Å²) in [4.78, 5) is 11.3. The third kappa shape index (κ3) is 13.3. The summed E-state index contributed by atoms with van der Waals surface area (Å²) in [6.45, 7) is 6.02. The van der Waals surface area contributed by atoms with E-state index in [1.807, 2.05) is 0 Å². The molecule has 0 aliphatic carbocycles. The average molecular weight is 246 g/mol. The lowest BCUT2D eigenvalue weighted by atomic mass is 10.4. The van der Waals surface area contributed by atoms with Crippen LogP contribution in [0, 0.1) is 0 Å². The fourth-order valence-electron chi connectivity index (χ4n) is 1.20. The van der Waals surface area contributed by atoms with Crippen molar-refractivity contribution in [3.63, 3.8) is 0 Å². The molecule has 17 heavy (non-hydrogen) atoms. The van der Waals surface area contributed by atoms with Crippen molar-refractivity contribution >= 4 is 5.91 Å². The molecular weight excluding hydrogens is 220 g/mol. The van der Waals surface area contributed by atoms with Crippen molar-refractivity contribution in [1.82, 2.24) is 10.6 Å². The van der Waals surface area contributed by atoms with Gasteiger partial charge in [-0.15, -0.1) is 0 Å². The second-order valence-electron chi connectivity index (χ2n) is 3.84. The van der Waals surface area contributed by atoms with Crippen LogP contribution < -0.4 is 10.6 Å². The molecule has 0 aromatic heterocycles. The first kappa shape index (κ1) is 16.4. The normalized spacial score (nSPS) is 10.5. The Kier molecular flexibility index (Phi) is 12.9. The van der Waals surface area contributed by atoms with Gasteiger partial charge in [-0.25, -0.2) is 0 Å². The van der Waals surface area contributed by atoms with E-state index in [1.54, 1.807) is 7.11 Å². The SMILES string of the molecule is CCCCOCCNCC(=O)NCCCOC. The summed E-state index contributed by atoms with van der Waals surface area (Å²) in [6.07, 6.45) is 3.10. The molecule has 0 heterocycles. The van der Waals surface area contributed by atoms with Crippen molar-refractivity contribution in [3.8, 4) is 0 Å². The summed E-state index contributed by atoms with van der Waals surface area (Å²) < 4.78 is 10.2. The van der Waals surface area contributed by atoms with Crippen LogP contribution in [0.25, 0.3) is 0 Å². The molecule has 0 unspecified atom stereocenters. The first-order valence-electron chi connectivity index (χ1n) is 6.35. The molecular formula is C12H26N2O3. The van der Waals surface area contributed by atoms with Gasteiger partial charge < -0.3 is 20.1 Å². The summed E-state index contributed by atoms with van der Waals surface area (Å²) in [5, 5.41) is 5.84. The van der Waals surface area contributed by atoms with Crippen LogP contribution in [0.1, 0.15) is 26.2 Å². The molecule has 1 amide bonds. The summed E-state index contributed by atoms with van der Waals surface area (Å²) >= 11 is 0. The number of methoxy groups -OCH3 is 1. The highest BCUT2D eigenvalue weighted by molar-refractivity contribution is 5.77. The van der Waals surface area contributed by atoms with E-state index < -0.39 is 0 Å². The van der Waals surface area contributed by atoms with Crippen molar-refractivity contribution < 1.29 is 14.3 Å². The quantitative estimate of drug-likeness (QED) is 0.494. The predicted octanol–water partition coefficient (Wildman–Crippen LogP) is 0.545. The Labute approximate surface area is 104 Å². The van der Waals surface area contributed by atoms with Gasteiger partial charge in [-0.3, -0.25) is 4.79 Å². The molecule has 0 saturated heterocycles. The minimum atomic E-state index is 0.0228. The van der Waals surface area contributed by atoms with E-state index in [-0.39, 0.29) is 5.91 Å². The monoisotopic (exact) mass is 246 g/mol. The number of unbranched alkanes of at least 4 members (excludes halogenated alkanes) is 1. The number of hydrogen-bond donors (Lipinski definition) is 2. The van der Waals surface area contributed by atoms with Gasteiger partial charge in [0.15, 0.2) is 0 Å². The number of hydrogen-bond acceptors (Lipinski definition) is 4. The standard InChI is InChI=1S/C12H26N2O3/c1-3-4-9-17-10-7-13-11-12(15)14-6-5-8-16-2/h13H,3-11H2,1-2H3,(H,14,15). The molecule has 0 bridgehead atoms. The zero-order valence-corrected chi connectivity index (χ0v) is 11.1. The number of carbonyl (C=O) groups is 1. The van der Waals surface area contributed by atoms with E-state index in [4.69, 9.17) is 9.47 Å². The van der Waals surface area contributed by atoms with Gasteiger partial charge in [-0.1, -0.05) is 13.3 Å². The van der Waals surface area contributed by atoms with E-state index in [2.05, 4.69) is 17.6 Å². The Bertz CT molecular complexity index is 177. The first-order chi connectivity index (χ1) is 8.31. The number of rotatable bonds is 12. The van der Waals surface area contributed by atoms with Crippen molar-refractivity contribution in [3.05, 3.63) is 0 Å². The van der Waals surface area contributed by atoms with Gasteiger partial charge in [0.1, 0.15) is 0 Å². The molecule has 102 valence electrons. The highest BCUT2D eigenvalue weighted by Crippen LogP contribution is 1.86. The second-order valence-corrected chi connectivity index (χ2v) is 3.84. The van der Waals surface area contributed by atoms with Crippen LogP contribution in [0.2, 0.25) is 0 Å². The molecule has 0 saturated carbocycles. The molecule has 0 aromatic rings.